The molecule has 0 bridgehead atoms. The van der Waals surface area contributed by atoms with Crippen molar-refractivity contribution >= 4 is 17.7 Å². The Kier molecular flexibility index (Phi) is 5.56. The van der Waals surface area contributed by atoms with Crippen molar-refractivity contribution < 1.29 is 4.79 Å². The first-order chi connectivity index (χ1) is 11.6. The van der Waals surface area contributed by atoms with Gasteiger partial charge >= 0.3 is 0 Å². The van der Waals surface area contributed by atoms with Crippen LogP contribution in [0.4, 0.5) is 0 Å². The van der Waals surface area contributed by atoms with E-state index in [1.807, 2.05) is 18.2 Å². The molecule has 1 aliphatic rings. The molecule has 1 amide bonds. The summed E-state index contributed by atoms with van der Waals surface area (Å²) in [6.45, 7) is 4.34. The van der Waals surface area contributed by atoms with Gasteiger partial charge in [0.15, 0.2) is 0 Å². The largest absolute Gasteiger partial charge is 0.349 e. The van der Waals surface area contributed by atoms with Crippen LogP contribution in [0.15, 0.2) is 35.5 Å². The lowest BCUT2D eigenvalue weighted by Gasteiger charge is -2.21. The topological polar surface area (TPSA) is 70.7 Å². The molecule has 1 unspecified atom stereocenters. The van der Waals surface area contributed by atoms with E-state index in [0.717, 1.165) is 17.8 Å². The van der Waals surface area contributed by atoms with Gasteiger partial charge < -0.3 is 5.32 Å². The normalized spacial score (nSPS) is 15.5. The third-order valence-corrected chi connectivity index (χ3v) is 4.87. The predicted octanol–water partition coefficient (Wildman–Crippen LogP) is 3.68. The van der Waals surface area contributed by atoms with E-state index in [0.29, 0.717) is 22.7 Å². The number of hydrogen-bond acceptors (Lipinski definition) is 4. The standard InChI is InChI=1S/C18H24N4OS/c1-12(2)10-15(13-6-4-3-5-7-13)19-16(23)11-24-18-20-17(21-22-18)14-8-9-14/h3-7,12,14-15H,8-11H2,1-2H3,(H,19,23)(H,20,21,22). The van der Waals surface area contributed by atoms with Crippen molar-refractivity contribution in [3.63, 3.8) is 0 Å². The SMILES string of the molecule is CC(C)CC(NC(=O)CSc1n[nH]c(C2CC2)n1)c1ccccc1. The van der Waals surface area contributed by atoms with Crippen LogP contribution in [0.3, 0.4) is 0 Å². The molecule has 6 heteroatoms. The first-order valence-electron chi connectivity index (χ1n) is 8.51. The number of H-pyrrole nitrogens is 1. The summed E-state index contributed by atoms with van der Waals surface area (Å²) >= 11 is 1.39. The third kappa shape index (κ3) is 4.84. The molecule has 1 aromatic carbocycles. The summed E-state index contributed by atoms with van der Waals surface area (Å²) in [5.41, 5.74) is 1.15. The molecule has 1 fully saturated rings. The van der Waals surface area contributed by atoms with Crippen molar-refractivity contribution in [2.45, 2.75) is 50.2 Å². The highest BCUT2D eigenvalue weighted by atomic mass is 32.2. The van der Waals surface area contributed by atoms with Gasteiger partial charge in [0, 0.05) is 5.92 Å². The van der Waals surface area contributed by atoms with Crippen molar-refractivity contribution in [3.8, 4) is 0 Å². The van der Waals surface area contributed by atoms with Crippen LogP contribution in [-0.4, -0.2) is 26.8 Å². The Hall–Kier alpha value is -1.82. The Morgan fingerprint density at radius 3 is 2.75 bits per heavy atom. The Morgan fingerprint density at radius 2 is 2.08 bits per heavy atom. The molecule has 0 radical (unpaired) electrons. The minimum atomic E-state index is 0.0206. The zero-order chi connectivity index (χ0) is 16.9. The van der Waals surface area contributed by atoms with E-state index >= 15 is 0 Å². The maximum absolute atomic E-state index is 12.3. The maximum Gasteiger partial charge on any atom is 0.230 e. The number of rotatable bonds is 8. The lowest BCUT2D eigenvalue weighted by molar-refractivity contribution is -0.119. The second kappa shape index (κ2) is 7.83. The summed E-state index contributed by atoms with van der Waals surface area (Å²) < 4.78 is 0. The molecule has 3 rings (SSSR count). The van der Waals surface area contributed by atoms with E-state index < -0.39 is 0 Å². The van der Waals surface area contributed by atoms with Gasteiger partial charge in [0.25, 0.3) is 0 Å². The zero-order valence-corrected chi connectivity index (χ0v) is 15.0. The van der Waals surface area contributed by atoms with Crippen molar-refractivity contribution in [1.82, 2.24) is 20.5 Å². The van der Waals surface area contributed by atoms with Crippen LogP contribution in [0.2, 0.25) is 0 Å². The fourth-order valence-electron chi connectivity index (χ4n) is 2.66. The fourth-order valence-corrected chi connectivity index (χ4v) is 3.28. The van der Waals surface area contributed by atoms with Crippen molar-refractivity contribution in [2.75, 3.05) is 5.75 Å². The Labute approximate surface area is 147 Å². The molecule has 1 saturated carbocycles. The van der Waals surface area contributed by atoms with E-state index in [-0.39, 0.29) is 11.9 Å². The van der Waals surface area contributed by atoms with Crippen molar-refractivity contribution in [3.05, 3.63) is 41.7 Å². The second-order valence-electron chi connectivity index (χ2n) is 6.73. The molecule has 0 saturated heterocycles. The molecule has 1 aliphatic carbocycles. The highest BCUT2D eigenvalue weighted by Gasteiger charge is 2.27. The minimum absolute atomic E-state index is 0.0206. The van der Waals surface area contributed by atoms with Crippen LogP contribution in [-0.2, 0) is 4.79 Å². The van der Waals surface area contributed by atoms with E-state index in [1.54, 1.807) is 0 Å². The number of thioether (sulfide) groups is 1. The zero-order valence-electron chi connectivity index (χ0n) is 14.2. The number of aromatic amines is 1. The number of carbonyl (C=O) groups excluding carboxylic acids is 1. The molecule has 2 aromatic rings. The van der Waals surface area contributed by atoms with Gasteiger partial charge in [0.1, 0.15) is 5.82 Å². The quantitative estimate of drug-likeness (QED) is 0.717. The lowest BCUT2D eigenvalue weighted by atomic mass is 9.97. The molecule has 0 spiro atoms. The van der Waals surface area contributed by atoms with E-state index in [1.165, 1.54) is 24.6 Å². The fraction of sp³-hybridized carbons (Fsp3) is 0.500. The summed E-state index contributed by atoms with van der Waals surface area (Å²) in [7, 11) is 0. The van der Waals surface area contributed by atoms with Gasteiger partial charge in [-0.2, -0.15) is 0 Å². The number of amides is 1. The molecule has 1 aromatic heterocycles. The van der Waals surface area contributed by atoms with Crippen LogP contribution in [0.1, 0.15) is 56.5 Å². The highest BCUT2D eigenvalue weighted by Crippen LogP contribution is 2.38. The average molecular weight is 344 g/mol. The van der Waals surface area contributed by atoms with Crippen LogP contribution < -0.4 is 5.32 Å². The first kappa shape index (κ1) is 17.0. The Bertz CT molecular complexity index is 667. The number of hydrogen-bond donors (Lipinski definition) is 2. The van der Waals surface area contributed by atoms with Gasteiger partial charge in [-0.05, 0) is 30.7 Å². The van der Waals surface area contributed by atoms with Crippen molar-refractivity contribution in [1.29, 1.82) is 0 Å². The Morgan fingerprint density at radius 1 is 1.33 bits per heavy atom. The van der Waals surface area contributed by atoms with Gasteiger partial charge in [0.05, 0.1) is 11.8 Å². The maximum atomic E-state index is 12.3. The number of benzene rings is 1. The first-order valence-corrected chi connectivity index (χ1v) is 9.49. The molecule has 1 atom stereocenters. The van der Waals surface area contributed by atoms with Crippen molar-refractivity contribution in [2.24, 2.45) is 5.92 Å². The predicted molar refractivity (Wildman–Crippen MR) is 95.9 cm³/mol. The van der Waals surface area contributed by atoms with Crippen LogP contribution in [0.25, 0.3) is 0 Å². The van der Waals surface area contributed by atoms with Gasteiger partial charge in [0.2, 0.25) is 11.1 Å². The number of nitrogens with zero attached hydrogens (tertiary/aromatic N) is 2. The molecule has 24 heavy (non-hydrogen) atoms. The minimum Gasteiger partial charge on any atom is -0.349 e. The molecular weight excluding hydrogens is 320 g/mol. The molecule has 2 N–H and O–H groups in total. The summed E-state index contributed by atoms with van der Waals surface area (Å²) in [4.78, 5) is 16.8. The summed E-state index contributed by atoms with van der Waals surface area (Å²) in [5.74, 6) is 2.38. The van der Waals surface area contributed by atoms with Gasteiger partial charge in [-0.25, -0.2) is 4.98 Å². The molecule has 1 heterocycles. The smallest absolute Gasteiger partial charge is 0.230 e. The molecule has 0 aliphatic heterocycles. The summed E-state index contributed by atoms with van der Waals surface area (Å²) in [6.07, 6.45) is 3.30. The van der Waals surface area contributed by atoms with Crippen LogP contribution in [0, 0.1) is 5.92 Å². The number of carbonyl (C=O) groups is 1. The van der Waals surface area contributed by atoms with Gasteiger partial charge in [-0.3, -0.25) is 9.89 Å². The van der Waals surface area contributed by atoms with E-state index in [2.05, 4.69) is 46.5 Å². The number of aromatic nitrogens is 3. The average Bonchev–Trinajstić information content (AvgIpc) is 3.31. The lowest BCUT2D eigenvalue weighted by Crippen LogP contribution is -2.30. The molecule has 5 nitrogen and oxygen atoms in total. The van der Waals surface area contributed by atoms with Crippen LogP contribution >= 0.6 is 11.8 Å². The number of nitrogens with one attached hydrogen (secondary N) is 2. The van der Waals surface area contributed by atoms with Gasteiger partial charge in [-0.15, -0.1) is 5.10 Å². The second-order valence-corrected chi connectivity index (χ2v) is 7.67. The molecular formula is C18H24N4OS. The summed E-state index contributed by atoms with van der Waals surface area (Å²) in [6, 6.07) is 10.2. The van der Waals surface area contributed by atoms with Gasteiger partial charge in [-0.1, -0.05) is 55.9 Å². The van der Waals surface area contributed by atoms with E-state index in [9.17, 15) is 4.79 Å². The highest BCUT2D eigenvalue weighted by molar-refractivity contribution is 7.99. The molecule has 128 valence electrons. The Balaban J connectivity index is 1.54. The monoisotopic (exact) mass is 344 g/mol. The van der Waals surface area contributed by atoms with E-state index in [4.69, 9.17) is 0 Å². The van der Waals surface area contributed by atoms with Crippen LogP contribution in [0.5, 0.6) is 0 Å². The third-order valence-electron chi connectivity index (χ3n) is 4.02. The summed E-state index contributed by atoms with van der Waals surface area (Å²) in [5, 5.41) is 11.0.